The zero-order chi connectivity index (χ0) is 41.8. The number of nitrogens with one attached hydrogen (secondary N) is 1. The van der Waals surface area contributed by atoms with Crippen LogP contribution in [0.2, 0.25) is 15.1 Å². The largest absolute Gasteiger partial charge is 0.354 e. The van der Waals surface area contributed by atoms with Gasteiger partial charge in [-0.1, -0.05) is 138 Å². The van der Waals surface area contributed by atoms with Gasteiger partial charge in [-0.2, -0.15) is 0 Å². The molecule has 1 N–H and O–H groups in total. The molecule has 0 fully saturated rings. The van der Waals surface area contributed by atoms with Gasteiger partial charge in [-0.25, -0.2) is 4.79 Å². The van der Waals surface area contributed by atoms with E-state index in [1.165, 1.54) is 89.9 Å². The highest BCUT2D eigenvalue weighted by Gasteiger charge is 2.17. The van der Waals surface area contributed by atoms with Gasteiger partial charge in [-0.05, 0) is 98.8 Å². The first-order chi connectivity index (χ1) is 28.9. The molecule has 0 radical (unpaired) electrons. The number of hydrogen-bond acceptors (Lipinski definition) is 3. The van der Waals surface area contributed by atoms with Gasteiger partial charge in [0.2, 0.25) is 0 Å². The summed E-state index contributed by atoms with van der Waals surface area (Å²) in [5, 5.41) is 6.65. The molecule has 0 atom stereocenters. The van der Waals surface area contributed by atoms with E-state index in [4.69, 9.17) is 44.8 Å². The van der Waals surface area contributed by atoms with Gasteiger partial charge in [0.25, 0.3) is 0 Å². The van der Waals surface area contributed by atoms with Crippen LogP contribution in [-0.2, 0) is 13.1 Å². The Labute approximate surface area is 369 Å². The Kier molecular flexibility index (Phi) is 24.2. The van der Waals surface area contributed by atoms with Crippen LogP contribution in [0.5, 0.6) is 0 Å². The summed E-state index contributed by atoms with van der Waals surface area (Å²) in [6.07, 6.45) is 33.5. The molecule has 7 nitrogen and oxygen atoms in total. The number of nitrogens with zero attached hydrogens (tertiary/aromatic N) is 5. The average molecular weight is 864 g/mol. The van der Waals surface area contributed by atoms with Gasteiger partial charge >= 0.3 is 6.03 Å². The number of unbranched alkanes of at least 4 members (excludes halogenated alkanes) is 17. The highest BCUT2D eigenvalue weighted by atomic mass is 35.5. The average Bonchev–Trinajstić information content (AvgIpc) is 3.24. The summed E-state index contributed by atoms with van der Waals surface area (Å²) >= 11 is 18.4. The second kappa shape index (κ2) is 29.7. The van der Waals surface area contributed by atoms with Crippen LogP contribution in [0.4, 0.5) is 16.2 Å². The number of anilines is 2. The number of halogens is 3. The Morgan fingerprint density at radius 2 is 1.00 bits per heavy atom. The summed E-state index contributed by atoms with van der Waals surface area (Å²) in [6.45, 7) is 6.82. The molecule has 0 unspecified atom stereocenters. The van der Waals surface area contributed by atoms with Crippen molar-refractivity contribution in [2.24, 2.45) is 9.98 Å². The maximum atomic E-state index is 13.2. The number of rotatable bonds is 29. The van der Waals surface area contributed by atoms with E-state index in [0.29, 0.717) is 33.0 Å². The molecule has 0 aliphatic rings. The number of aromatic nitrogens is 2. The summed E-state index contributed by atoms with van der Waals surface area (Å²) < 4.78 is 4.59. The van der Waals surface area contributed by atoms with E-state index < -0.39 is 0 Å². The molecule has 2 heterocycles. The molecule has 0 saturated carbocycles. The van der Waals surface area contributed by atoms with Crippen LogP contribution in [0.25, 0.3) is 0 Å². The van der Waals surface area contributed by atoms with Crippen molar-refractivity contribution in [3.63, 3.8) is 0 Å². The second-order valence-corrected chi connectivity index (χ2v) is 17.0. The molecule has 2 amide bonds. The molecule has 0 bridgehead atoms. The van der Waals surface area contributed by atoms with Gasteiger partial charge in [-0.3, -0.25) is 14.9 Å². The summed E-state index contributed by atoms with van der Waals surface area (Å²) in [7, 11) is 0. The van der Waals surface area contributed by atoms with Crippen molar-refractivity contribution in [2.45, 2.75) is 148 Å². The van der Waals surface area contributed by atoms with Gasteiger partial charge in [0.15, 0.2) is 0 Å². The highest BCUT2D eigenvalue weighted by molar-refractivity contribution is 6.42. The SMILES string of the molecule is CCCCCCCCN=c1ccn(CCCCCCCCCCn2ccc(=NCCCCCCCCN(C(=O)Nc3ccc(Cl)cc3)c3ccc(Cl)c(Cl)c3)cc2)cc1. The van der Waals surface area contributed by atoms with E-state index in [9.17, 15) is 4.79 Å². The Morgan fingerprint density at radius 3 is 1.49 bits per heavy atom. The Balaban J connectivity index is 0.985. The number of benzene rings is 2. The van der Waals surface area contributed by atoms with Crippen molar-refractivity contribution in [1.82, 2.24) is 9.13 Å². The fourth-order valence-electron chi connectivity index (χ4n) is 7.18. The fourth-order valence-corrected chi connectivity index (χ4v) is 7.60. The van der Waals surface area contributed by atoms with Crippen molar-refractivity contribution in [3.05, 3.63) is 117 Å². The number of aryl methyl sites for hydroxylation is 2. The molecule has 4 aromatic rings. The van der Waals surface area contributed by atoms with E-state index in [-0.39, 0.29) is 6.03 Å². The van der Waals surface area contributed by atoms with Gasteiger partial charge < -0.3 is 14.5 Å². The lowest BCUT2D eigenvalue weighted by molar-refractivity contribution is 0.256. The second-order valence-electron chi connectivity index (χ2n) is 15.8. The molecule has 59 heavy (non-hydrogen) atoms. The molecule has 0 aliphatic heterocycles. The lowest BCUT2D eigenvalue weighted by Gasteiger charge is -2.24. The van der Waals surface area contributed by atoms with Crippen LogP contribution in [0, 0.1) is 0 Å². The number of pyridine rings is 2. The third-order valence-corrected chi connectivity index (χ3v) is 11.8. The van der Waals surface area contributed by atoms with Crippen LogP contribution in [0.1, 0.15) is 135 Å². The van der Waals surface area contributed by atoms with Crippen molar-refractivity contribution < 1.29 is 4.79 Å². The van der Waals surface area contributed by atoms with E-state index in [0.717, 1.165) is 75.4 Å². The lowest BCUT2D eigenvalue weighted by atomic mass is 10.1. The van der Waals surface area contributed by atoms with Crippen molar-refractivity contribution in [3.8, 4) is 0 Å². The summed E-state index contributed by atoms with van der Waals surface area (Å²) in [6, 6.07) is 20.8. The van der Waals surface area contributed by atoms with Crippen LogP contribution in [0.3, 0.4) is 0 Å². The van der Waals surface area contributed by atoms with Gasteiger partial charge in [0.1, 0.15) is 0 Å². The predicted molar refractivity (Wildman–Crippen MR) is 252 cm³/mol. The first-order valence-corrected chi connectivity index (χ1v) is 23.7. The molecule has 0 saturated heterocycles. The lowest BCUT2D eigenvalue weighted by Crippen LogP contribution is -2.35. The third kappa shape index (κ3) is 20.5. The number of hydrogen-bond donors (Lipinski definition) is 1. The number of urea groups is 1. The van der Waals surface area contributed by atoms with Gasteiger partial charge in [0, 0.05) is 73.9 Å². The van der Waals surface area contributed by atoms with Crippen molar-refractivity contribution >= 4 is 52.2 Å². The fraction of sp³-hybridized carbons (Fsp3) is 0.531. The maximum Gasteiger partial charge on any atom is 0.326 e. The smallest absolute Gasteiger partial charge is 0.326 e. The normalized spacial score (nSPS) is 11.1. The van der Waals surface area contributed by atoms with Crippen LogP contribution < -0.4 is 20.9 Å². The predicted octanol–water partition coefficient (Wildman–Crippen LogP) is 14.3. The first-order valence-electron chi connectivity index (χ1n) is 22.5. The number of carbonyl (C=O) groups is 1. The minimum atomic E-state index is -0.218. The Bertz CT molecular complexity index is 1850. The maximum absolute atomic E-state index is 13.2. The summed E-state index contributed by atoms with van der Waals surface area (Å²) in [4.78, 5) is 24.5. The van der Waals surface area contributed by atoms with Gasteiger partial charge in [0.05, 0.1) is 20.8 Å². The molecule has 4 rings (SSSR count). The van der Waals surface area contributed by atoms with Crippen LogP contribution in [-0.4, -0.2) is 34.8 Å². The molecule has 0 spiro atoms. The Morgan fingerprint density at radius 1 is 0.542 bits per heavy atom. The van der Waals surface area contributed by atoms with Crippen molar-refractivity contribution in [2.75, 3.05) is 29.9 Å². The Hall–Kier alpha value is -3.52. The summed E-state index contributed by atoms with van der Waals surface area (Å²) in [5.74, 6) is 0. The standard InChI is InChI=1S/C49H69Cl3N6O/c1-2-3-4-5-12-17-32-53-43-28-37-56(38-29-43)34-19-14-9-6-7-10-15-20-35-57-39-30-44(31-40-57)54-33-18-13-8-11-16-21-36-58(46-26-27-47(51)48(52)41-46)49(59)55-45-24-22-42(50)23-25-45/h22-31,37-41H,2-21,32-36H2,1H3,(H,55,59). The van der Waals surface area contributed by atoms with Crippen LogP contribution >= 0.6 is 34.8 Å². The zero-order valence-electron chi connectivity index (χ0n) is 35.6. The van der Waals surface area contributed by atoms with Crippen LogP contribution in [0.15, 0.2) is 102 Å². The molecule has 322 valence electrons. The zero-order valence-corrected chi connectivity index (χ0v) is 37.9. The molecule has 10 heteroatoms. The first kappa shape index (κ1) is 48.1. The number of amides is 2. The highest BCUT2D eigenvalue weighted by Crippen LogP contribution is 2.28. The molecular weight excluding hydrogens is 795 g/mol. The topological polar surface area (TPSA) is 66.9 Å². The van der Waals surface area contributed by atoms with E-state index in [1.807, 2.05) is 6.07 Å². The molecule has 2 aromatic heterocycles. The monoisotopic (exact) mass is 862 g/mol. The quantitative estimate of drug-likeness (QED) is 0.0543. The third-order valence-electron chi connectivity index (χ3n) is 10.8. The van der Waals surface area contributed by atoms with E-state index in [2.05, 4.69) is 70.4 Å². The minimum Gasteiger partial charge on any atom is -0.354 e. The van der Waals surface area contributed by atoms with E-state index >= 15 is 0 Å². The minimum absolute atomic E-state index is 0.218. The van der Waals surface area contributed by atoms with E-state index in [1.54, 1.807) is 41.3 Å². The molecular formula is C49H69Cl3N6O. The van der Waals surface area contributed by atoms with Gasteiger partial charge in [-0.15, -0.1) is 0 Å². The number of carbonyl (C=O) groups excluding carboxylic acids is 1. The van der Waals surface area contributed by atoms with Crippen molar-refractivity contribution in [1.29, 1.82) is 0 Å². The molecule has 0 aliphatic carbocycles. The molecule has 2 aromatic carbocycles. The summed E-state index contributed by atoms with van der Waals surface area (Å²) in [5.41, 5.74) is 1.39.